The maximum atomic E-state index is 12.0. The number of carbonyl (C=O) groups is 4. The van der Waals surface area contributed by atoms with Crippen LogP contribution in [0.3, 0.4) is 0 Å². The fourth-order valence-electron chi connectivity index (χ4n) is 2.22. The first-order valence-electron chi connectivity index (χ1n) is 8.74. The highest BCUT2D eigenvalue weighted by molar-refractivity contribution is 9.10. The lowest BCUT2D eigenvalue weighted by atomic mass is 10.2. The lowest BCUT2D eigenvalue weighted by Gasteiger charge is -2.17. The minimum Gasteiger partial charge on any atom is -0.454 e. The third kappa shape index (κ3) is 7.49. The first-order valence-corrected chi connectivity index (χ1v) is 9.91. The summed E-state index contributed by atoms with van der Waals surface area (Å²) < 4.78 is 5.67. The molecule has 3 amide bonds. The molecule has 0 spiro atoms. The molecule has 0 aliphatic rings. The molecule has 2 aromatic carbocycles. The summed E-state index contributed by atoms with van der Waals surface area (Å²) in [5.41, 5.74) is 0.810. The molecule has 0 radical (unpaired) electrons. The summed E-state index contributed by atoms with van der Waals surface area (Å²) in [6.07, 6.45) is 0. The van der Waals surface area contributed by atoms with Gasteiger partial charge in [0, 0.05) is 17.1 Å². The van der Waals surface area contributed by atoms with Gasteiger partial charge in [-0.15, -0.1) is 0 Å². The predicted molar refractivity (Wildman–Crippen MR) is 115 cm³/mol. The summed E-state index contributed by atoms with van der Waals surface area (Å²) in [5.74, 6) is -2.24. The van der Waals surface area contributed by atoms with Gasteiger partial charge < -0.3 is 20.3 Å². The van der Waals surface area contributed by atoms with Gasteiger partial charge in [-0.1, -0.05) is 39.7 Å². The highest BCUT2D eigenvalue weighted by Crippen LogP contribution is 2.20. The second kappa shape index (κ2) is 11.3. The van der Waals surface area contributed by atoms with E-state index in [4.69, 9.17) is 16.3 Å². The van der Waals surface area contributed by atoms with Gasteiger partial charge in [0.15, 0.2) is 6.61 Å². The van der Waals surface area contributed by atoms with Crippen LogP contribution < -0.4 is 10.6 Å². The summed E-state index contributed by atoms with van der Waals surface area (Å²) in [6.45, 7) is -1.19. The van der Waals surface area contributed by atoms with E-state index in [1.54, 1.807) is 48.5 Å². The maximum Gasteiger partial charge on any atom is 0.325 e. The van der Waals surface area contributed by atoms with E-state index in [1.807, 2.05) is 0 Å². The number of nitrogens with zero attached hydrogens (tertiary/aromatic N) is 1. The molecule has 0 heterocycles. The van der Waals surface area contributed by atoms with Crippen molar-refractivity contribution in [2.45, 2.75) is 0 Å². The van der Waals surface area contributed by atoms with Gasteiger partial charge in [-0.25, -0.2) is 0 Å². The fourth-order valence-corrected chi connectivity index (χ4v) is 2.66. The van der Waals surface area contributed by atoms with Crippen LogP contribution in [-0.4, -0.2) is 55.3 Å². The first-order chi connectivity index (χ1) is 14.3. The Balaban J connectivity index is 1.71. The molecule has 30 heavy (non-hydrogen) atoms. The minimum atomic E-state index is -0.775. The van der Waals surface area contributed by atoms with Crippen molar-refractivity contribution >= 4 is 56.9 Å². The van der Waals surface area contributed by atoms with Gasteiger partial charge in [-0.05, 0) is 36.4 Å². The monoisotopic (exact) mass is 495 g/mol. The highest BCUT2D eigenvalue weighted by Gasteiger charge is 2.16. The number of nitrogens with one attached hydrogen (secondary N) is 2. The second-order valence-corrected chi connectivity index (χ2v) is 7.45. The summed E-state index contributed by atoms with van der Waals surface area (Å²) in [4.78, 5) is 48.9. The molecule has 0 saturated carbocycles. The number of ether oxygens (including phenoxy) is 1. The van der Waals surface area contributed by atoms with Gasteiger partial charge in [0.1, 0.15) is 6.54 Å². The SMILES string of the molecule is CN(CC(=O)Nc1ccccc1Cl)C(=O)COC(=O)CNC(=O)c1ccc(Br)cc1. The van der Waals surface area contributed by atoms with Crippen LogP contribution in [0, 0.1) is 0 Å². The van der Waals surface area contributed by atoms with Crippen LogP contribution in [-0.2, 0) is 19.1 Å². The quantitative estimate of drug-likeness (QED) is 0.546. The fraction of sp³-hybridized carbons (Fsp3) is 0.200. The van der Waals surface area contributed by atoms with Crippen molar-refractivity contribution in [2.75, 3.05) is 32.1 Å². The van der Waals surface area contributed by atoms with Crippen molar-refractivity contribution < 1.29 is 23.9 Å². The number of benzene rings is 2. The van der Waals surface area contributed by atoms with Crippen molar-refractivity contribution in [2.24, 2.45) is 0 Å². The molecule has 0 saturated heterocycles. The Kier molecular flexibility index (Phi) is 8.82. The summed E-state index contributed by atoms with van der Waals surface area (Å²) in [7, 11) is 1.40. The third-order valence-electron chi connectivity index (χ3n) is 3.81. The number of para-hydroxylation sites is 1. The zero-order valence-electron chi connectivity index (χ0n) is 16.0. The predicted octanol–water partition coefficient (Wildman–Crippen LogP) is 2.47. The normalized spacial score (nSPS) is 10.1. The lowest BCUT2D eigenvalue weighted by molar-refractivity contribution is -0.150. The first kappa shape index (κ1) is 23.4. The number of hydrogen-bond acceptors (Lipinski definition) is 5. The Bertz CT molecular complexity index is 936. The van der Waals surface area contributed by atoms with Gasteiger partial charge in [-0.3, -0.25) is 19.2 Å². The number of likely N-dealkylation sites (N-methyl/N-ethyl adjacent to an activating group) is 1. The Labute approximate surface area is 186 Å². The average Bonchev–Trinajstić information content (AvgIpc) is 2.72. The van der Waals surface area contributed by atoms with Crippen LogP contribution >= 0.6 is 27.5 Å². The van der Waals surface area contributed by atoms with Crippen LogP contribution in [0.4, 0.5) is 5.69 Å². The highest BCUT2D eigenvalue weighted by atomic mass is 79.9. The number of rotatable bonds is 8. The Hall–Kier alpha value is -2.91. The lowest BCUT2D eigenvalue weighted by Crippen LogP contribution is -2.38. The molecule has 2 aromatic rings. The van der Waals surface area contributed by atoms with Crippen molar-refractivity contribution in [3.63, 3.8) is 0 Å². The van der Waals surface area contributed by atoms with Crippen LogP contribution in [0.15, 0.2) is 53.0 Å². The number of esters is 1. The standard InChI is InChI=1S/C20H19BrClN3O5/c1-25(11-17(26)24-16-5-3-2-4-15(16)22)18(27)12-30-19(28)10-23-20(29)13-6-8-14(21)9-7-13/h2-9H,10-12H2,1H3,(H,23,29)(H,24,26). The molecule has 0 unspecified atom stereocenters. The van der Waals surface area contributed by atoms with Crippen LogP contribution in [0.25, 0.3) is 0 Å². The molecule has 8 nitrogen and oxygen atoms in total. The molecule has 0 atom stereocenters. The van der Waals surface area contributed by atoms with Crippen LogP contribution in [0.1, 0.15) is 10.4 Å². The molecule has 10 heteroatoms. The minimum absolute atomic E-state index is 0.248. The molecule has 158 valence electrons. The molecular formula is C20H19BrClN3O5. The zero-order valence-corrected chi connectivity index (χ0v) is 18.3. The van der Waals surface area contributed by atoms with E-state index >= 15 is 0 Å². The Morgan fingerprint density at radius 1 is 1.07 bits per heavy atom. The maximum absolute atomic E-state index is 12.0. The zero-order chi connectivity index (χ0) is 22.1. The number of anilines is 1. The van der Waals surface area contributed by atoms with Gasteiger partial charge in [0.25, 0.3) is 11.8 Å². The number of halogens is 2. The molecule has 0 bridgehead atoms. The number of hydrogen-bond donors (Lipinski definition) is 2. The molecule has 2 rings (SSSR count). The third-order valence-corrected chi connectivity index (χ3v) is 4.67. The second-order valence-electron chi connectivity index (χ2n) is 6.13. The van der Waals surface area contributed by atoms with E-state index in [-0.39, 0.29) is 13.1 Å². The van der Waals surface area contributed by atoms with E-state index < -0.39 is 30.3 Å². The van der Waals surface area contributed by atoms with Crippen molar-refractivity contribution in [1.29, 1.82) is 0 Å². The Morgan fingerprint density at radius 2 is 1.73 bits per heavy atom. The molecular weight excluding hydrogens is 478 g/mol. The van der Waals surface area contributed by atoms with Gasteiger partial charge in [0.05, 0.1) is 17.3 Å². The molecule has 0 aliphatic carbocycles. The van der Waals surface area contributed by atoms with Gasteiger partial charge >= 0.3 is 5.97 Å². The summed E-state index contributed by atoms with van der Waals surface area (Å²) in [6, 6.07) is 13.3. The van der Waals surface area contributed by atoms with Gasteiger partial charge in [0.2, 0.25) is 5.91 Å². The van der Waals surface area contributed by atoms with E-state index in [2.05, 4.69) is 26.6 Å². The topological polar surface area (TPSA) is 105 Å². The van der Waals surface area contributed by atoms with E-state index in [0.29, 0.717) is 16.3 Å². The van der Waals surface area contributed by atoms with Gasteiger partial charge in [-0.2, -0.15) is 0 Å². The summed E-state index contributed by atoms with van der Waals surface area (Å²) in [5, 5.41) is 5.37. The number of amides is 3. The average molecular weight is 497 g/mol. The Morgan fingerprint density at radius 3 is 2.40 bits per heavy atom. The van der Waals surface area contributed by atoms with E-state index in [0.717, 1.165) is 9.37 Å². The molecule has 0 aromatic heterocycles. The summed E-state index contributed by atoms with van der Waals surface area (Å²) >= 11 is 9.23. The van der Waals surface area contributed by atoms with Crippen molar-refractivity contribution in [3.05, 3.63) is 63.6 Å². The molecule has 0 aliphatic heterocycles. The van der Waals surface area contributed by atoms with E-state index in [9.17, 15) is 19.2 Å². The molecule has 2 N–H and O–H groups in total. The van der Waals surface area contributed by atoms with E-state index in [1.165, 1.54) is 7.05 Å². The van der Waals surface area contributed by atoms with Crippen LogP contribution in [0.5, 0.6) is 0 Å². The number of carbonyl (C=O) groups excluding carboxylic acids is 4. The smallest absolute Gasteiger partial charge is 0.325 e. The van der Waals surface area contributed by atoms with Crippen LogP contribution in [0.2, 0.25) is 5.02 Å². The van der Waals surface area contributed by atoms with Crippen molar-refractivity contribution in [3.8, 4) is 0 Å². The largest absolute Gasteiger partial charge is 0.454 e. The van der Waals surface area contributed by atoms with Crippen molar-refractivity contribution in [1.82, 2.24) is 10.2 Å². The molecule has 0 fully saturated rings.